The van der Waals surface area contributed by atoms with Crippen molar-refractivity contribution in [3.63, 3.8) is 0 Å². The molecule has 3 aromatic rings. The second-order valence-electron chi connectivity index (χ2n) is 10.5. The average molecular weight is 596 g/mol. The Morgan fingerprint density at radius 2 is 1.55 bits per heavy atom. The van der Waals surface area contributed by atoms with E-state index in [1.165, 1.54) is 37.3 Å². The van der Waals surface area contributed by atoms with E-state index < -0.39 is 28.5 Å². The molecular formula is C32H41N3O6S. The molecular weight excluding hydrogens is 554 g/mol. The van der Waals surface area contributed by atoms with Crippen LogP contribution in [0.3, 0.4) is 0 Å². The second-order valence-corrected chi connectivity index (χ2v) is 12.3. The Hall–Kier alpha value is -4.05. The molecule has 3 rings (SSSR count). The van der Waals surface area contributed by atoms with Crippen LogP contribution in [0.15, 0.2) is 71.6 Å². The van der Waals surface area contributed by atoms with Crippen LogP contribution in [0.1, 0.15) is 43.9 Å². The van der Waals surface area contributed by atoms with E-state index in [2.05, 4.69) is 5.32 Å². The number of hydrogen-bond acceptors (Lipinski definition) is 6. The van der Waals surface area contributed by atoms with E-state index in [-0.39, 0.29) is 29.1 Å². The number of carbonyl (C=O) groups excluding carboxylic acids is 2. The Labute approximate surface area is 249 Å². The van der Waals surface area contributed by atoms with E-state index in [0.29, 0.717) is 17.9 Å². The molecule has 3 aromatic carbocycles. The van der Waals surface area contributed by atoms with E-state index in [9.17, 15) is 18.0 Å². The Balaban J connectivity index is 2.10. The van der Waals surface area contributed by atoms with Crippen molar-refractivity contribution in [1.82, 2.24) is 10.2 Å². The molecule has 2 amide bonds. The van der Waals surface area contributed by atoms with Gasteiger partial charge in [-0.3, -0.25) is 13.9 Å². The zero-order chi connectivity index (χ0) is 31.0. The number of benzene rings is 3. The van der Waals surface area contributed by atoms with Crippen molar-refractivity contribution in [2.75, 3.05) is 25.1 Å². The van der Waals surface area contributed by atoms with Gasteiger partial charge in [-0.2, -0.15) is 0 Å². The third kappa shape index (κ3) is 7.82. The Morgan fingerprint density at radius 1 is 0.881 bits per heavy atom. The highest BCUT2D eigenvalue weighted by molar-refractivity contribution is 7.92. The molecule has 1 atom stereocenters. The van der Waals surface area contributed by atoms with Gasteiger partial charge in [0.1, 0.15) is 12.6 Å². The molecule has 0 radical (unpaired) electrons. The summed E-state index contributed by atoms with van der Waals surface area (Å²) in [6, 6.07) is 17.9. The Kier molecular flexibility index (Phi) is 11.0. The molecule has 0 bridgehead atoms. The van der Waals surface area contributed by atoms with Crippen molar-refractivity contribution in [3.8, 4) is 11.5 Å². The van der Waals surface area contributed by atoms with Gasteiger partial charge in [0.15, 0.2) is 11.5 Å². The lowest BCUT2D eigenvalue weighted by Crippen LogP contribution is -2.53. The molecule has 1 N–H and O–H groups in total. The summed E-state index contributed by atoms with van der Waals surface area (Å²) in [5.41, 5.74) is 3.10. The summed E-state index contributed by atoms with van der Waals surface area (Å²) in [5, 5.41) is 2.91. The number of nitrogens with one attached hydrogen (secondary N) is 1. The summed E-state index contributed by atoms with van der Waals surface area (Å²) >= 11 is 0. The van der Waals surface area contributed by atoms with Crippen molar-refractivity contribution < 1.29 is 27.5 Å². The van der Waals surface area contributed by atoms with Crippen molar-refractivity contribution >= 4 is 27.5 Å². The average Bonchev–Trinajstić information content (AvgIpc) is 2.95. The summed E-state index contributed by atoms with van der Waals surface area (Å²) in [7, 11) is -1.37. The maximum Gasteiger partial charge on any atom is 0.264 e. The lowest BCUT2D eigenvalue weighted by molar-refractivity contribution is -0.140. The second kappa shape index (κ2) is 14.2. The molecule has 0 aliphatic heterocycles. The number of sulfonamides is 1. The van der Waals surface area contributed by atoms with E-state index in [1.54, 1.807) is 24.3 Å². The fourth-order valence-electron chi connectivity index (χ4n) is 4.65. The van der Waals surface area contributed by atoms with Crippen LogP contribution in [0.25, 0.3) is 0 Å². The minimum atomic E-state index is -4.25. The van der Waals surface area contributed by atoms with Crippen LogP contribution in [0.4, 0.5) is 5.69 Å². The number of nitrogens with zero attached hydrogens (tertiary/aromatic N) is 2. The molecule has 0 aliphatic rings. The van der Waals surface area contributed by atoms with Crippen molar-refractivity contribution in [2.45, 2.75) is 64.6 Å². The van der Waals surface area contributed by atoms with Gasteiger partial charge < -0.3 is 19.7 Å². The molecule has 0 saturated carbocycles. The van der Waals surface area contributed by atoms with E-state index >= 15 is 0 Å². The van der Waals surface area contributed by atoms with E-state index in [0.717, 1.165) is 21.0 Å². The predicted molar refractivity (Wildman–Crippen MR) is 164 cm³/mol. The van der Waals surface area contributed by atoms with Gasteiger partial charge in [-0.05, 0) is 63.9 Å². The standard InChI is InChI=1S/C32H41N3O6S/c1-8-28(32(37)33-22(2)3)34(20-25-11-9-10-24(5)18-25)31(36)21-35(26-14-12-23(4)13-15-26)42(38,39)27-16-17-29(40-6)30(19-27)41-7/h9-19,22,28H,8,20-21H2,1-7H3,(H,33,37)/t28-/m0/s1. The van der Waals surface area contributed by atoms with Gasteiger partial charge in [-0.15, -0.1) is 0 Å². The summed E-state index contributed by atoms with van der Waals surface area (Å²) < 4.78 is 40.0. The highest BCUT2D eigenvalue weighted by atomic mass is 32.2. The fraction of sp³-hybridized carbons (Fsp3) is 0.375. The molecule has 0 saturated heterocycles. The summed E-state index contributed by atoms with van der Waals surface area (Å²) in [5.74, 6) is -0.183. The zero-order valence-electron chi connectivity index (χ0n) is 25.4. The number of hydrogen-bond donors (Lipinski definition) is 1. The molecule has 9 nitrogen and oxygen atoms in total. The summed E-state index contributed by atoms with van der Waals surface area (Å²) in [4.78, 5) is 28.8. The predicted octanol–water partition coefficient (Wildman–Crippen LogP) is 4.85. The van der Waals surface area contributed by atoms with Gasteiger partial charge in [0.05, 0.1) is 24.8 Å². The zero-order valence-corrected chi connectivity index (χ0v) is 26.2. The number of methoxy groups -OCH3 is 2. The molecule has 0 heterocycles. The first-order valence-corrected chi connectivity index (χ1v) is 15.3. The monoisotopic (exact) mass is 595 g/mol. The smallest absolute Gasteiger partial charge is 0.264 e. The molecule has 0 aromatic heterocycles. The highest BCUT2D eigenvalue weighted by Crippen LogP contribution is 2.32. The third-order valence-electron chi connectivity index (χ3n) is 6.80. The summed E-state index contributed by atoms with van der Waals surface area (Å²) in [6.45, 7) is 9.01. The number of rotatable bonds is 13. The molecule has 0 aliphatic carbocycles. The first-order valence-electron chi connectivity index (χ1n) is 13.9. The van der Waals surface area contributed by atoms with Gasteiger partial charge in [0.2, 0.25) is 11.8 Å². The highest BCUT2D eigenvalue weighted by Gasteiger charge is 2.34. The van der Waals surface area contributed by atoms with Crippen molar-refractivity contribution in [3.05, 3.63) is 83.4 Å². The minimum absolute atomic E-state index is 0.0663. The van der Waals surface area contributed by atoms with Crippen LogP contribution >= 0.6 is 0 Å². The van der Waals surface area contributed by atoms with Crippen molar-refractivity contribution in [2.24, 2.45) is 0 Å². The van der Waals surface area contributed by atoms with Crippen LogP contribution in [0.2, 0.25) is 0 Å². The summed E-state index contributed by atoms with van der Waals surface area (Å²) in [6.07, 6.45) is 0.350. The van der Waals surface area contributed by atoms with Crippen molar-refractivity contribution in [1.29, 1.82) is 0 Å². The van der Waals surface area contributed by atoms with E-state index in [1.807, 2.05) is 58.9 Å². The Morgan fingerprint density at radius 3 is 2.12 bits per heavy atom. The molecule has 0 spiro atoms. The molecule has 0 unspecified atom stereocenters. The van der Waals surface area contributed by atoms with Crippen LogP contribution in [0.5, 0.6) is 11.5 Å². The SMILES string of the molecule is CC[C@@H](C(=O)NC(C)C)N(Cc1cccc(C)c1)C(=O)CN(c1ccc(C)cc1)S(=O)(=O)c1ccc(OC)c(OC)c1. The fourth-order valence-corrected chi connectivity index (χ4v) is 6.08. The van der Waals surface area contributed by atoms with Gasteiger partial charge in [0, 0.05) is 18.7 Å². The van der Waals surface area contributed by atoms with Crippen LogP contribution < -0.4 is 19.1 Å². The minimum Gasteiger partial charge on any atom is -0.493 e. The first kappa shape index (κ1) is 32.5. The largest absolute Gasteiger partial charge is 0.493 e. The topological polar surface area (TPSA) is 105 Å². The molecule has 10 heteroatoms. The van der Waals surface area contributed by atoms with Crippen LogP contribution in [-0.2, 0) is 26.2 Å². The van der Waals surface area contributed by atoms with Gasteiger partial charge in [-0.1, -0.05) is 54.4 Å². The third-order valence-corrected chi connectivity index (χ3v) is 8.57. The number of anilines is 1. The number of amides is 2. The lowest BCUT2D eigenvalue weighted by atomic mass is 10.1. The number of ether oxygens (including phenoxy) is 2. The van der Waals surface area contributed by atoms with Crippen LogP contribution in [-0.4, -0.2) is 58.0 Å². The normalized spacial score (nSPS) is 12.0. The van der Waals surface area contributed by atoms with Crippen LogP contribution in [0, 0.1) is 13.8 Å². The maximum absolute atomic E-state index is 14.2. The van der Waals surface area contributed by atoms with Gasteiger partial charge in [-0.25, -0.2) is 8.42 Å². The lowest BCUT2D eigenvalue weighted by Gasteiger charge is -2.33. The van der Waals surface area contributed by atoms with Gasteiger partial charge >= 0.3 is 0 Å². The van der Waals surface area contributed by atoms with Gasteiger partial charge in [0.25, 0.3) is 10.0 Å². The Bertz CT molecular complexity index is 1490. The molecule has 0 fully saturated rings. The number of aryl methyl sites for hydroxylation is 2. The molecule has 42 heavy (non-hydrogen) atoms. The first-order chi connectivity index (χ1) is 19.9. The number of carbonyl (C=O) groups is 2. The quantitative estimate of drug-likeness (QED) is 0.303. The van der Waals surface area contributed by atoms with E-state index in [4.69, 9.17) is 9.47 Å². The maximum atomic E-state index is 14.2. The molecule has 226 valence electrons.